The lowest BCUT2D eigenvalue weighted by Crippen LogP contribution is -2.48. The maximum Gasteiger partial charge on any atom is 0.254 e. The molecule has 3 heterocycles. The Morgan fingerprint density at radius 3 is 2.57 bits per heavy atom. The van der Waals surface area contributed by atoms with Crippen LogP contribution in [0.3, 0.4) is 0 Å². The average Bonchev–Trinajstić information content (AvgIpc) is 3.61. The van der Waals surface area contributed by atoms with E-state index in [1.165, 1.54) is 23.8 Å². The van der Waals surface area contributed by atoms with Gasteiger partial charge >= 0.3 is 0 Å². The number of hydrogen-bond acceptors (Lipinski definition) is 5. The molecule has 1 unspecified atom stereocenters. The number of aryl methyl sites for hydroxylation is 2. The Hall–Kier alpha value is -3.82. The van der Waals surface area contributed by atoms with Gasteiger partial charge < -0.3 is 10.2 Å². The van der Waals surface area contributed by atoms with Gasteiger partial charge in [-0.15, -0.1) is 5.10 Å². The van der Waals surface area contributed by atoms with Gasteiger partial charge in [0.05, 0.1) is 17.1 Å². The number of halogens is 2. The van der Waals surface area contributed by atoms with Crippen molar-refractivity contribution in [3.63, 3.8) is 0 Å². The highest BCUT2D eigenvalue weighted by atomic mass is 35.5. The predicted octanol–water partition coefficient (Wildman–Crippen LogP) is 5.70. The smallest absolute Gasteiger partial charge is 0.254 e. The number of carbonyl (C=O) groups excluding carboxylic acids is 2. The number of likely N-dealkylation sites (tertiary alicyclic amines) is 2. The van der Waals surface area contributed by atoms with Gasteiger partial charge in [0.2, 0.25) is 0 Å². The fraction of sp³-hybridized carbons (Fsp3) is 0.412. The molecule has 1 N–H and O–H groups in total. The maximum absolute atomic E-state index is 14.3. The zero-order valence-electron chi connectivity index (χ0n) is 24.9. The standard InChI is InChI=1S/C34H36ClFN6O2/c1-40-31-9-2-22(18-30(31)38-39-40)21-41-14-10-34(11-15-41)12-16-42(17-13-34)33(44)24-4-3-23-5-8-29(26(23)19-24)37-32(43)27-20-25(35)6-7-28(27)36/h2-4,6-7,9,18-20,29H,5,8,10-17,21H2,1H3,(H,37,43). The van der Waals surface area contributed by atoms with E-state index in [1.807, 2.05) is 30.1 Å². The Labute approximate surface area is 261 Å². The van der Waals surface area contributed by atoms with Crippen LogP contribution in [0.2, 0.25) is 5.02 Å². The van der Waals surface area contributed by atoms with Crippen molar-refractivity contribution >= 4 is 34.4 Å². The van der Waals surface area contributed by atoms with Gasteiger partial charge in [-0.1, -0.05) is 28.9 Å². The Kier molecular flexibility index (Phi) is 7.62. The molecule has 7 rings (SSSR count). The van der Waals surface area contributed by atoms with Crippen LogP contribution in [-0.2, 0) is 20.0 Å². The van der Waals surface area contributed by atoms with Crippen LogP contribution in [0.4, 0.5) is 4.39 Å². The van der Waals surface area contributed by atoms with E-state index < -0.39 is 11.7 Å². The minimum Gasteiger partial charge on any atom is -0.345 e. The first-order valence-electron chi connectivity index (χ1n) is 15.5. The number of hydrogen-bond donors (Lipinski definition) is 1. The molecule has 0 saturated carbocycles. The van der Waals surface area contributed by atoms with Crippen LogP contribution in [0.15, 0.2) is 54.6 Å². The first-order valence-corrected chi connectivity index (χ1v) is 15.8. The van der Waals surface area contributed by atoms with Crippen molar-refractivity contribution in [1.29, 1.82) is 0 Å². The second-order valence-electron chi connectivity index (χ2n) is 12.7. The molecular weight excluding hydrogens is 579 g/mol. The van der Waals surface area contributed by atoms with Gasteiger partial charge in [0.25, 0.3) is 11.8 Å². The summed E-state index contributed by atoms with van der Waals surface area (Å²) in [5.41, 5.74) is 6.16. The highest BCUT2D eigenvalue weighted by molar-refractivity contribution is 6.31. The summed E-state index contributed by atoms with van der Waals surface area (Å²) >= 11 is 5.99. The normalized spacial score (nSPS) is 19.8. The van der Waals surface area contributed by atoms with Gasteiger partial charge in [-0.2, -0.15) is 0 Å². The van der Waals surface area contributed by atoms with E-state index in [2.05, 4.69) is 38.7 Å². The van der Waals surface area contributed by atoms with Crippen molar-refractivity contribution in [3.8, 4) is 0 Å². The molecule has 3 aromatic carbocycles. The molecule has 1 aromatic heterocycles. The third kappa shape index (κ3) is 5.59. The van der Waals surface area contributed by atoms with E-state index in [0.29, 0.717) is 22.4 Å². The van der Waals surface area contributed by atoms with E-state index in [1.54, 1.807) is 4.68 Å². The summed E-state index contributed by atoms with van der Waals surface area (Å²) in [7, 11) is 1.91. The molecule has 8 nitrogen and oxygen atoms in total. The van der Waals surface area contributed by atoms with Crippen molar-refractivity contribution in [1.82, 2.24) is 30.1 Å². The fourth-order valence-electron chi connectivity index (χ4n) is 7.29. The number of aromatic nitrogens is 3. The monoisotopic (exact) mass is 614 g/mol. The maximum atomic E-state index is 14.3. The summed E-state index contributed by atoms with van der Waals surface area (Å²) in [5, 5.41) is 11.6. The van der Waals surface area contributed by atoms with Gasteiger partial charge in [-0.05, 0) is 116 Å². The second-order valence-corrected chi connectivity index (χ2v) is 13.1. The van der Waals surface area contributed by atoms with E-state index in [9.17, 15) is 14.0 Å². The van der Waals surface area contributed by atoms with Crippen LogP contribution in [0.1, 0.15) is 75.6 Å². The molecule has 2 fully saturated rings. The predicted molar refractivity (Wildman–Crippen MR) is 167 cm³/mol. The van der Waals surface area contributed by atoms with Gasteiger partial charge in [-0.25, -0.2) is 9.07 Å². The molecule has 1 atom stereocenters. The quantitative estimate of drug-likeness (QED) is 0.312. The molecule has 228 valence electrons. The molecule has 2 amide bonds. The van der Waals surface area contributed by atoms with E-state index in [4.69, 9.17) is 11.6 Å². The Morgan fingerprint density at radius 1 is 1.00 bits per heavy atom. The number of piperidine rings is 2. The number of benzene rings is 3. The zero-order valence-corrected chi connectivity index (χ0v) is 25.6. The molecular formula is C34H36ClFN6O2. The topological polar surface area (TPSA) is 83.4 Å². The van der Waals surface area contributed by atoms with Crippen LogP contribution < -0.4 is 5.32 Å². The first-order chi connectivity index (χ1) is 21.3. The van der Waals surface area contributed by atoms with Crippen LogP contribution in [0, 0.1) is 11.2 Å². The number of nitrogens with one attached hydrogen (secondary N) is 1. The summed E-state index contributed by atoms with van der Waals surface area (Å²) in [5.74, 6) is -1.07. The summed E-state index contributed by atoms with van der Waals surface area (Å²) in [6.45, 7) is 4.55. The average molecular weight is 615 g/mol. The lowest BCUT2D eigenvalue weighted by atomic mass is 9.71. The highest BCUT2D eigenvalue weighted by Crippen LogP contribution is 2.42. The van der Waals surface area contributed by atoms with Gasteiger partial charge in [-0.3, -0.25) is 14.5 Å². The van der Waals surface area contributed by atoms with Crippen LogP contribution in [0.5, 0.6) is 0 Å². The Balaban J connectivity index is 0.946. The molecule has 1 spiro atoms. The second kappa shape index (κ2) is 11.6. The largest absolute Gasteiger partial charge is 0.345 e. The van der Waals surface area contributed by atoms with E-state index >= 15 is 0 Å². The molecule has 10 heteroatoms. The minimum atomic E-state index is -0.608. The third-order valence-corrected chi connectivity index (χ3v) is 10.3. The van der Waals surface area contributed by atoms with Crippen LogP contribution in [-0.4, -0.2) is 62.8 Å². The number of fused-ring (bicyclic) bond motifs is 2. The molecule has 0 bridgehead atoms. The molecule has 3 aliphatic rings. The molecule has 0 radical (unpaired) electrons. The SMILES string of the molecule is Cn1nnc2cc(CN3CCC4(CC3)CCN(C(=O)c3ccc5c(c3)C(NC(=O)c3cc(Cl)ccc3F)CC5)CC4)ccc21. The molecule has 2 aliphatic heterocycles. The van der Waals surface area contributed by atoms with Crippen molar-refractivity contribution in [2.24, 2.45) is 12.5 Å². The van der Waals surface area contributed by atoms with Crippen molar-refractivity contribution in [2.75, 3.05) is 26.2 Å². The number of rotatable bonds is 5. The van der Waals surface area contributed by atoms with Gasteiger partial charge in [0, 0.05) is 37.3 Å². The summed E-state index contributed by atoms with van der Waals surface area (Å²) in [4.78, 5) is 31.0. The van der Waals surface area contributed by atoms with Gasteiger partial charge in [0.15, 0.2) is 0 Å². The van der Waals surface area contributed by atoms with Crippen molar-refractivity contribution in [3.05, 3.63) is 93.3 Å². The van der Waals surface area contributed by atoms with E-state index in [-0.39, 0.29) is 17.5 Å². The zero-order chi connectivity index (χ0) is 30.4. The van der Waals surface area contributed by atoms with Crippen LogP contribution >= 0.6 is 11.6 Å². The molecule has 1 aliphatic carbocycles. The Morgan fingerprint density at radius 2 is 1.77 bits per heavy atom. The third-order valence-electron chi connectivity index (χ3n) is 10.1. The number of nitrogens with zero attached hydrogens (tertiary/aromatic N) is 5. The van der Waals surface area contributed by atoms with E-state index in [0.717, 1.165) is 87.0 Å². The Bertz CT molecular complexity index is 1740. The lowest BCUT2D eigenvalue weighted by Gasteiger charge is -2.47. The summed E-state index contributed by atoms with van der Waals surface area (Å²) in [6, 6.07) is 15.9. The molecule has 2 saturated heterocycles. The molecule has 44 heavy (non-hydrogen) atoms. The first kappa shape index (κ1) is 28.9. The van der Waals surface area contributed by atoms with Gasteiger partial charge in [0.1, 0.15) is 11.3 Å². The highest BCUT2D eigenvalue weighted by Gasteiger charge is 2.39. The fourth-order valence-corrected chi connectivity index (χ4v) is 7.46. The molecule has 4 aromatic rings. The minimum absolute atomic E-state index is 0.0392. The number of amides is 2. The van der Waals surface area contributed by atoms with Crippen LogP contribution in [0.25, 0.3) is 11.0 Å². The number of carbonyl (C=O) groups is 2. The summed E-state index contributed by atoms with van der Waals surface area (Å²) < 4.78 is 16.1. The van der Waals surface area contributed by atoms with Crippen molar-refractivity contribution in [2.45, 2.75) is 51.1 Å². The lowest BCUT2D eigenvalue weighted by molar-refractivity contribution is 0.0285. The summed E-state index contributed by atoms with van der Waals surface area (Å²) in [6.07, 6.45) is 5.84. The van der Waals surface area contributed by atoms with Crippen molar-refractivity contribution < 1.29 is 14.0 Å².